The molecule has 4 nitrogen and oxygen atoms in total. The summed E-state index contributed by atoms with van der Waals surface area (Å²) in [5.74, 6) is 1.84. The number of hydrogen-bond acceptors (Lipinski definition) is 2. The summed E-state index contributed by atoms with van der Waals surface area (Å²) in [6.45, 7) is 17.8. The summed E-state index contributed by atoms with van der Waals surface area (Å²) in [7, 11) is 0. The number of carbonyl (C=O) groups is 2. The zero-order valence-corrected chi connectivity index (χ0v) is 18.5. The van der Waals surface area contributed by atoms with Gasteiger partial charge in [-0.25, -0.2) is 0 Å². The molecule has 0 radical (unpaired) electrons. The molecule has 0 aliphatic carbocycles. The highest BCUT2D eigenvalue weighted by molar-refractivity contribution is 5.76. The highest BCUT2D eigenvalue weighted by atomic mass is 16.2. The molecule has 0 aliphatic heterocycles. The molecule has 0 aromatic rings. The van der Waals surface area contributed by atoms with E-state index in [-0.39, 0.29) is 11.8 Å². The van der Waals surface area contributed by atoms with Gasteiger partial charge in [0, 0.05) is 39.5 Å². The Kier molecular flexibility index (Phi) is 13.5. The first-order valence-corrected chi connectivity index (χ1v) is 10.8. The Labute approximate surface area is 162 Å². The van der Waals surface area contributed by atoms with E-state index in [9.17, 15) is 9.59 Å². The third-order valence-corrected chi connectivity index (χ3v) is 5.17. The Morgan fingerprint density at radius 1 is 0.885 bits per heavy atom. The highest BCUT2D eigenvalue weighted by Crippen LogP contribution is 2.16. The minimum absolute atomic E-state index is 0.133. The lowest BCUT2D eigenvalue weighted by Crippen LogP contribution is -2.37. The zero-order valence-electron chi connectivity index (χ0n) is 18.5. The topological polar surface area (TPSA) is 40.6 Å². The molecule has 0 heterocycles. The summed E-state index contributed by atoms with van der Waals surface area (Å²) in [5.41, 5.74) is 0. The van der Waals surface area contributed by atoms with Crippen molar-refractivity contribution in [2.24, 2.45) is 17.8 Å². The predicted molar refractivity (Wildman–Crippen MR) is 111 cm³/mol. The second kappa shape index (κ2) is 14.1. The molecule has 26 heavy (non-hydrogen) atoms. The van der Waals surface area contributed by atoms with Crippen LogP contribution in [0.2, 0.25) is 0 Å². The maximum Gasteiger partial charge on any atom is 0.222 e. The molecular formula is C22H44N2O2. The van der Waals surface area contributed by atoms with Crippen LogP contribution >= 0.6 is 0 Å². The first kappa shape index (κ1) is 24.9. The molecule has 154 valence electrons. The lowest BCUT2D eigenvalue weighted by molar-refractivity contribution is -0.132. The Hall–Kier alpha value is -1.06. The van der Waals surface area contributed by atoms with Crippen LogP contribution < -0.4 is 0 Å². The van der Waals surface area contributed by atoms with Gasteiger partial charge in [0.2, 0.25) is 11.8 Å². The molecule has 4 heteroatoms. The van der Waals surface area contributed by atoms with Crippen molar-refractivity contribution in [3.8, 4) is 0 Å². The third kappa shape index (κ3) is 10.8. The maximum atomic E-state index is 12.6. The van der Waals surface area contributed by atoms with Crippen molar-refractivity contribution in [3.05, 3.63) is 0 Å². The van der Waals surface area contributed by atoms with Crippen LogP contribution in [0.4, 0.5) is 0 Å². The monoisotopic (exact) mass is 368 g/mol. The van der Waals surface area contributed by atoms with Crippen LogP contribution in [-0.2, 0) is 9.59 Å². The van der Waals surface area contributed by atoms with E-state index < -0.39 is 0 Å². The van der Waals surface area contributed by atoms with Gasteiger partial charge >= 0.3 is 0 Å². The van der Waals surface area contributed by atoms with E-state index in [1.165, 1.54) is 19.3 Å². The van der Waals surface area contributed by atoms with Gasteiger partial charge in [0.15, 0.2) is 0 Å². The molecule has 2 atom stereocenters. The van der Waals surface area contributed by atoms with Crippen molar-refractivity contribution >= 4 is 11.8 Å². The summed E-state index contributed by atoms with van der Waals surface area (Å²) >= 11 is 0. The van der Waals surface area contributed by atoms with Crippen molar-refractivity contribution < 1.29 is 9.59 Å². The second-order valence-corrected chi connectivity index (χ2v) is 8.31. The largest absolute Gasteiger partial charge is 0.343 e. The Morgan fingerprint density at radius 3 is 2.00 bits per heavy atom. The number of unbranched alkanes of at least 4 members (excludes halogenated alkanes) is 1. The molecule has 0 spiro atoms. The van der Waals surface area contributed by atoms with Crippen LogP contribution in [-0.4, -0.2) is 47.8 Å². The predicted octanol–water partition coefficient (Wildman–Crippen LogP) is 4.97. The van der Waals surface area contributed by atoms with E-state index in [0.29, 0.717) is 24.2 Å². The SMILES string of the molecule is CCCCC(CC)CN(CC)C(=O)CCC(C)CN(CC(C)C)C(C)=O. The molecule has 0 aliphatic rings. The van der Waals surface area contributed by atoms with Crippen molar-refractivity contribution in [3.63, 3.8) is 0 Å². The van der Waals surface area contributed by atoms with Gasteiger partial charge < -0.3 is 9.80 Å². The molecule has 2 amide bonds. The smallest absolute Gasteiger partial charge is 0.222 e. The molecule has 0 aromatic heterocycles. The lowest BCUT2D eigenvalue weighted by atomic mass is 9.98. The number of carbonyl (C=O) groups excluding carboxylic acids is 2. The van der Waals surface area contributed by atoms with Crippen molar-refractivity contribution in [2.45, 2.75) is 87.0 Å². The normalized spacial score (nSPS) is 13.5. The summed E-state index contributed by atoms with van der Waals surface area (Å²) < 4.78 is 0. The number of amides is 2. The quantitative estimate of drug-likeness (QED) is 0.434. The maximum absolute atomic E-state index is 12.6. The summed E-state index contributed by atoms with van der Waals surface area (Å²) in [6, 6.07) is 0. The van der Waals surface area contributed by atoms with Crippen molar-refractivity contribution in [1.29, 1.82) is 0 Å². The fourth-order valence-corrected chi connectivity index (χ4v) is 3.40. The van der Waals surface area contributed by atoms with E-state index >= 15 is 0 Å². The third-order valence-electron chi connectivity index (χ3n) is 5.17. The average Bonchev–Trinajstić information content (AvgIpc) is 2.59. The fraction of sp³-hybridized carbons (Fsp3) is 0.909. The van der Waals surface area contributed by atoms with Gasteiger partial charge in [0.25, 0.3) is 0 Å². The van der Waals surface area contributed by atoms with E-state index in [1.54, 1.807) is 6.92 Å². The van der Waals surface area contributed by atoms with Gasteiger partial charge in [-0.3, -0.25) is 9.59 Å². The average molecular weight is 369 g/mol. The first-order valence-electron chi connectivity index (χ1n) is 10.8. The summed E-state index contributed by atoms with van der Waals surface area (Å²) in [4.78, 5) is 28.4. The standard InChI is InChI=1S/C22H44N2O2/c1-8-11-12-21(9-2)17-23(10-3)22(26)14-13-19(6)16-24(20(7)25)15-18(4)5/h18-19,21H,8-17H2,1-7H3. The van der Waals surface area contributed by atoms with Gasteiger partial charge in [0.05, 0.1) is 0 Å². The van der Waals surface area contributed by atoms with Gasteiger partial charge in [-0.15, -0.1) is 0 Å². The number of hydrogen-bond donors (Lipinski definition) is 0. The van der Waals surface area contributed by atoms with Gasteiger partial charge in [0.1, 0.15) is 0 Å². The zero-order chi connectivity index (χ0) is 20.1. The minimum Gasteiger partial charge on any atom is -0.343 e. The first-order chi connectivity index (χ1) is 12.2. The van der Waals surface area contributed by atoms with Gasteiger partial charge in [-0.05, 0) is 37.5 Å². The van der Waals surface area contributed by atoms with Crippen molar-refractivity contribution in [1.82, 2.24) is 9.80 Å². The summed E-state index contributed by atoms with van der Waals surface area (Å²) in [6.07, 6.45) is 6.27. The van der Waals surface area contributed by atoms with E-state index in [4.69, 9.17) is 0 Å². The summed E-state index contributed by atoms with van der Waals surface area (Å²) in [5, 5.41) is 0. The fourth-order valence-electron chi connectivity index (χ4n) is 3.40. The molecule has 2 unspecified atom stereocenters. The molecule has 0 N–H and O–H groups in total. The highest BCUT2D eigenvalue weighted by Gasteiger charge is 2.19. The number of rotatable bonds is 14. The van der Waals surface area contributed by atoms with Crippen LogP contribution in [0.5, 0.6) is 0 Å². The molecular weight excluding hydrogens is 324 g/mol. The van der Waals surface area contributed by atoms with Crippen LogP contribution in [0.15, 0.2) is 0 Å². The molecule has 0 fully saturated rings. The van der Waals surface area contributed by atoms with Gasteiger partial charge in [-0.1, -0.05) is 53.9 Å². The Morgan fingerprint density at radius 2 is 1.54 bits per heavy atom. The molecule has 0 saturated heterocycles. The minimum atomic E-state index is 0.133. The Balaban J connectivity index is 4.47. The second-order valence-electron chi connectivity index (χ2n) is 8.31. The number of nitrogens with zero attached hydrogens (tertiary/aromatic N) is 2. The van der Waals surface area contributed by atoms with Crippen LogP contribution in [0.1, 0.15) is 87.0 Å². The molecule has 0 bridgehead atoms. The van der Waals surface area contributed by atoms with Gasteiger partial charge in [-0.2, -0.15) is 0 Å². The van der Waals surface area contributed by atoms with Crippen LogP contribution in [0.3, 0.4) is 0 Å². The van der Waals surface area contributed by atoms with E-state index in [0.717, 1.165) is 39.0 Å². The molecule has 0 aromatic carbocycles. The lowest BCUT2D eigenvalue weighted by Gasteiger charge is -2.28. The Bertz CT molecular complexity index is 396. The van der Waals surface area contributed by atoms with E-state index in [1.807, 2.05) is 9.80 Å². The van der Waals surface area contributed by atoms with Crippen LogP contribution in [0, 0.1) is 17.8 Å². The molecule has 0 rings (SSSR count). The van der Waals surface area contributed by atoms with Crippen LogP contribution in [0.25, 0.3) is 0 Å². The van der Waals surface area contributed by atoms with E-state index in [2.05, 4.69) is 41.5 Å². The molecule has 0 saturated carbocycles. The van der Waals surface area contributed by atoms with Crippen molar-refractivity contribution in [2.75, 3.05) is 26.2 Å².